The Morgan fingerprint density at radius 1 is 1.19 bits per heavy atom. The molecule has 0 unspecified atom stereocenters. The summed E-state index contributed by atoms with van der Waals surface area (Å²) in [6.45, 7) is 3.12. The Bertz CT molecular complexity index is 988. The van der Waals surface area contributed by atoms with Crippen molar-refractivity contribution in [3.63, 3.8) is 0 Å². The monoisotopic (exact) mass is 387 g/mol. The lowest BCUT2D eigenvalue weighted by Gasteiger charge is -2.19. The fourth-order valence-electron chi connectivity index (χ4n) is 3.78. The van der Waals surface area contributed by atoms with Gasteiger partial charge in [0.25, 0.3) is 11.7 Å². The highest BCUT2D eigenvalue weighted by Gasteiger charge is 2.31. The molecule has 1 fully saturated rings. The van der Waals surface area contributed by atoms with Crippen LogP contribution in [0, 0.1) is 6.92 Å². The number of likely N-dealkylation sites (tertiary alicyclic amines) is 1. The van der Waals surface area contributed by atoms with Gasteiger partial charge in [0, 0.05) is 18.0 Å². The molecule has 7 heteroatoms. The number of para-hydroxylation sites is 2. The van der Waals surface area contributed by atoms with Crippen LogP contribution in [0.5, 0.6) is 0 Å². The van der Waals surface area contributed by atoms with E-state index in [-0.39, 0.29) is 11.9 Å². The Labute approximate surface area is 160 Å². The summed E-state index contributed by atoms with van der Waals surface area (Å²) < 4.78 is 27.8. The Balaban J connectivity index is 1.58. The lowest BCUT2D eigenvalue weighted by atomic mass is 10.2. The highest BCUT2D eigenvalue weighted by molar-refractivity contribution is 7.99. The zero-order valence-corrected chi connectivity index (χ0v) is 15.6. The van der Waals surface area contributed by atoms with E-state index in [1.807, 2.05) is 31.2 Å². The minimum absolute atomic E-state index is 0.135. The molecule has 0 aliphatic carbocycles. The molecule has 1 amide bonds. The van der Waals surface area contributed by atoms with Crippen LogP contribution in [-0.2, 0) is 0 Å². The number of hydrogen-bond acceptors (Lipinski definition) is 3. The maximum atomic E-state index is 13.0. The van der Waals surface area contributed by atoms with Gasteiger partial charge in [0.1, 0.15) is 5.82 Å². The van der Waals surface area contributed by atoms with Gasteiger partial charge in [0.2, 0.25) is 0 Å². The number of nitrogens with zero attached hydrogens (tertiary/aromatic N) is 3. The Morgan fingerprint density at radius 2 is 1.93 bits per heavy atom. The van der Waals surface area contributed by atoms with Crippen molar-refractivity contribution in [3.05, 3.63) is 59.9 Å². The molecule has 0 spiro atoms. The van der Waals surface area contributed by atoms with E-state index in [2.05, 4.69) is 9.55 Å². The summed E-state index contributed by atoms with van der Waals surface area (Å²) in [6.07, 6.45) is 0.817. The van der Waals surface area contributed by atoms with Gasteiger partial charge in [-0.05, 0) is 37.6 Å². The van der Waals surface area contributed by atoms with Crippen LogP contribution in [-0.4, -0.2) is 39.2 Å². The number of carbonyl (C=O) groups is 1. The van der Waals surface area contributed by atoms with Gasteiger partial charge in [-0.15, -0.1) is 0 Å². The smallest absolute Gasteiger partial charge is 0.288 e. The zero-order chi connectivity index (χ0) is 19.0. The Morgan fingerprint density at radius 3 is 2.74 bits per heavy atom. The van der Waals surface area contributed by atoms with Gasteiger partial charge in [0.05, 0.1) is 22.6 Å². The molecule has 2 heterocycles. The summed E-state index contributed by atoms with van der Waals surface area (Å²) in [5, 5.41) is 0. The van der Waals surface area contributed by atoms with Crippen molar-refractivity contribution in [1.82, 2.24) is 14.5 Å². The van der Waals surface area contributed by atoms with E-state index in [0.29, 0.717) is 35.3 Å². The molecule has 0 N–H and O–H groups in total. The molecule has 1 aliphatic heterocycles. The molecule has 27 heavy (non-hydrogen) atoms. The number of alkyl halides is 2. The van der Waals surface area contributed by atoms with Crippen molar-refractivity contribution in [1.29, 1.82) is 0 Å². The van der Waals surface area contributed by atoms with Crippen LogP contribution in [0.1, 0.15) is 28.6 Å². The second-order valence-electron chi connectivity index (χ2n) is 6.59. The molecule has 1 aliphatic rings. The SMILES string of the molecule is Cc1nc2ccccc2n1[C@H]1CCN(C(=O)c2ccccc2SC(F)F)C1. The predicted molar refractivity (Wildman–Crippen MR) is 102 cm³/mol. The average molecular weight is 387 g/mol. The fraction of sp³-hybridized carbons (Fsp3) is 0.300. The van der Waals surface area contributed by atoms with Crippen molar-refractivity contribution in [2.75, 3.05) is 13.1 Å². The number of halogens is 2. The number of imidazole rings is 1. The normalized spacial score (nSPS) is 17.2. The Kier molecular flexibility index (Phi) is 4.86. The van der Waals surface area contributed by atoms with Crippen LogP contribution < -0.4 is 0 Å². The number of rotatable bonds is 4. The zero-order valence-electron chi connectivity index (χ0n) is 14.8. The van der Waals surface area contributed by atoms with Crippen LogP contribution in [0.25, 0.3) is 11.0 Å². The number of carbonyl (C=O) groups excluding carboxylic acids is 1. The molecule has 1 saturated heterocycles. The van der Waals surface area contributed by atoms with Gasteiger partial charge in [-0.1, -0.05) is 36.0 Å². The molecular weight excluding hydrogens is 368 g/mol. The molecule has 0 saturated carbocycles. The summed E-state index contributed by atoms with van der Waals surface area (Å²) in [6, 6.07) is 14.7. The quantitative estimate of drug-likeness (QED) is 0.607. The Hall–Kier alpha value is -2.41. The number of amides is 1. The third-order valence-electron chi connectivity index (χ3n) is 4.92. The first-order valence-electron chi connectivity index (χ1n) is 8.81. The maximum Gasteiger partial charge on any atom is 0.288 e. The molecule has 0 radical (unpaired) electrons. The van der Waals surface area contributed by atoms with E-state index < -0.39 is 5.76 Å². The van der Waals surface area contributed by atoms with E-state index in [9.17, 15) is 13.6 Å². The lowest BCUT2D eigenvalue weighted by Crippen LogP contribution is -2.29. The molecule has 1 atom stereocenters. The number of aryl methyl sites for hydroxylation is 1. The number of thioether (sulfide) groups is 1. The fourth-order valence-corrected chi connectivity index (χ4v) is 4.41. The van der Waals surface area contributed by atoms with Gasteiger partial charge in [0.15, 0.2) is 0 Å². The topological polar surface area (TPSA) is 38.1 Å². The van der Waals surface area contributed by atoms with E-state index in [1.165, 1.54) is 0 Å². The first-order valence-corrected chi connectivity index (χ1v) is 9.69. The highest BCUT2D eigenvalue weighted by atomic mass is 32.2. The second kappa shape index (κ2) is 7.31. The van der Waals surface area contributed by atoms with Crippen molar-refractivity contribution in [2.24, 2.45) is 0 Å². The minimum atomic E-state index is -2.55. The highest BCUT2D eigenvalue weighted by Crippen LogP contribution is 2.32. The first-order chi connectivity index (χ1) is 13.0. The average Bonchev–Trinajstić information content (AvgIpc) is 3.24. The van der Waals surface area contributed by atoms with E-state index in [0.717, 1.165) is 23.3 Å². The summed E-state index contributed by atoms with van der Waals surface area (Å²) >= 11 is 0.419. The van der Waals surface area contributed by atoms with Gasteiger partial charge < -0.3 is 9.47 Å². The standard InChI is InChI=1S/C20H19F2N3OS/c1-13-23-16-7-3-4-8-17(16)25(13)14-10-11-24(12-14)19(26)15-6-2-5-9-18(15)27-20(21)22/h2-9,14,20H,10-12H2,1H3/t14-/m0/s1. The second-order valence-corrected chi connectivity index (χ2v) is 7.62. The third kappa shape index (κ3) is 3.43. The van der Waals surface area contributed by atoms with Gasteiger partial charge in [-0.2, -0.15) is 8.78 Å². The van der Waals surface area contributed by atoms with Crippen molar-refractivity contribution in [2.45, 2.75) is 30.0 Å². The van der Waals surface area contributed by atoms with E-state index in [1.54, 1.807) is 29.2 Å². The van der Waals surface area contributed by atoms with Gasteiger partial charge in [-0.25, -0.2) is 4.98 Å². The van der Waals surface area contributed by atoms with Crippen molar-refractivity contribution < 1.29 is 13.6 Å². The summed E-state index contributed by atoms with van der Waals surface area (Å²) in [7, 11) is 0. The summed E-state index contributed by atoms with van der Waals surface area (Å²) in [4.78, 5) is 19.6. The summed E-state index contributed by atoms with van der Waals surface area (Å²) in [5.41, 5.74) is 2.34. The summed E-state index contributed by atoms with van der Waals surface area (Å²) in [5.74, 6) is -1.82. The van der Waals surface area contributed by atoms with Crippen LogP contribution in [0.15, 0.2) is 53.4 Å². The number of benzene rings is 2. The van der Waals surface area contributed by atoms with E-state index >= 15 is 0 Å². The predicted octanol–water partition coefficient (Wildman–Crippen LogP) is 4.75. The molecular formula is C20H19F2N3OS. The maximum absolute atomic E-state index is 13.0. The largest absolute Gasteiger partial charge is 0.336 e. The molecule has 4 rings (SSSR count). The van der Waals surface area contributed by atoms with Crippen LogP contribution >= 0.6 is 11.8 Å². The van der Waals surface area contributed by atoms with E-state index in [4.69, 9.17) is 0 Å². The first kappa shape index (κ1) is 18.0. The van der Waals surface area contributed by atoms with Crippen molar-refractivity contribution in [3.8, 4) is 0 Å². The minimum Gasteiger partial charge on any atom is -0.336 e. The van der Waals surface area contributed by atoms with Crippen LogP contribution in [0.2, 0.25) is 0 Å². The third-order valence-corrected chi connectivity index (χ3v) is 5.71. The van der Waals surface area contributed by atoms with Crippen molar-refractivity contribution >= 4 is 28.7 Å². The van der Waals surface area contributed by atoms with Gasteiger partial charge >= 0.3 is 0 Å². The molecule has 3 aromatic rings. The number of aromatic nitrogens is 2. The van der Waals surface area contributed by atoms with Gasteiger partial charge in [-0.3, -0.25) is 4.79 Å². The number of fused-ring (bicyclic) bond motifs is 1. The molecule has 0 bridgehead atoms. The molecule has 4 nitrogen and oxygen atoms in total. The van der Waals surface area contributed by atoms with Crippen LogP contribution in [0.4, 0.5) is 8.78 Å². The molecule has 140 valence electrons. The lowest BCUT2D eigenvalue weighted by molar-refractivity contribution is 0.0784. The molecule has 1 aromatic heterocycles. The molecule has 2 aromatic carbocycles. The number of hydrogen-bond donors (Lipinski definition) is 0. The van der Waals surface area contributed by atoms with Crippen LogP contribution in [0.3, 0.4) is 0 Å².